The van der Waals surface area contributed by atoms with Crippen LogP contribution in [0.1, 0.15) is 0 Å². The zero-order chi connectivity index (χ0) is 36.3. The van der Waals surface area contributed by atoms with E-state index in [2.05, 4.69) is 205 Å². The maximum absolute atomic E-state index is 6.55. The summed E-state index contributed by atoms with van der Waals surface area (Å²) < 4.78 is 9.12. The molecule has 0 N–H and O–H groups in total. The van der Waals surface area contributed by atoms with Gasteiger partial charge in [-0.1, -0.05) is 146 Å². The van der Waals surface area contributed by atoms with Gasteiger partial charge in [-0.25, -0.2) is 0 Å². The number of nitrogens with zero attached hydrogens (tertiary/aromatic N) is 1. The van der Waals surface area contributed by atoms with E-state index in [0.717, 1.165) is 44.4 Å². The molecule has 0 aliphatic rings. The molecule has 0 unspecified atom stereocenters. The molecular formula is C52H33NOS. The number of hydrogen-bond acceptors (Lipinski definition) is 3. The fourth-order valence-corrected chi connectivity index (χ4v) is 9.50. The van der Waals surface area contributed by atoms with E-state index >= 15 is 0 Å². The van der Waals surface area contributed by atoms with E-state index in [9.17, 15) is 0 Å². The summed E-state index contributed by atoms with van der Waals surface area (Å²) in [6.45, 7) is 0. The summed E-state index contributed by atoms with van der Waals surface area (Å²) >= 11 is 1.85. The highest BCUT2D eigenvalue weighted by atomic mass is 32.1. The minimum absolute atomic E-state index is 0.894. The van der Waals surface area contributed by atoms with Crippen molar-refractivity contribution in [2.24, 2.45) is 0 Å². The fraction of sp³-hybridized carbons (Fsp3) is 0. The second kappa shape index (κ2) is 12.9. The third-order valence-electron chi connectivity index (χ3n) is 10.9. The molecule has 0 spiro atoms. The van der Waals surface area contributed by atoms with Gasteiger partial charge in [0, 0.05) is 42.3 Å². The first-order valence-electron chi connectivity index (χ1n) is 18.7. The van der Waals surface area contributed by atoms with E-state index in [1.54, 1.807) is 0 Å². The maximum Gasteiger partial charge on any atom is 0.136 e. The number of hydrogen-bond donors (Lipinski definition) is 0. The molecule has 0 saturated carbocycles. The van der Waals surface area contributed by atoms with E-state index < -0.39 is 0 Å². The summed E-state index contributed by atoms with van der Waals surface area (Å²) in [4.78, 5) is 2.41. The van der Waals surface area contributed by atoms with E-state index in [1.165, 1.54) is 58.9 Å². The minimum atomic E-state index is 0.894. The highest BCUT2D eigenvalue weighted by molar-refractivity contribution is 7.26. The lowest BCUT2D eigenvalue weighted by Crippen LogP contribution is -2.10. The third kappa shape index (κ3) is 5.24. The first-order valence-corrected chi connectivity index (χ1v) is 19.5. The summed E-state index contributed by atoms with van der Waals surface area (Å²) in [5, 5.41) is 7.27. The van der Waals surface area contributed by atoms with Crippen molar-refractivity contribution in [1.82, 2.24) is 0 Å². The second-order valence-electron chi connectivity index (χ2n) is 14.0. The standard InChI is InChI=1S/C52H33NOS/c1-3-12-34(13-4-1)35-24-28-38(29-25-35)53(45-20-11-23-49-50(45)44-16-7-8-22-48(44)55-49)39-30-26-37(27-31-39)41-18-10-21-46-51(41)52-43-19-9-17-40(36-14-5-2-6-15-36)42(43)32-33-47(52)54-46/h1-33H. The normalized spacial score (nSPS) is 11.6. The van der Waals surface area contributed by atoms with Gasteiger partial charge in [-0.05, 0) is 98.8 Å². The zero-order valence-electron chi connectivity index (χ0n) is 29.8. The Hall–Kier alpha value is -6.94. The quantitative estimate of drug-likeness (QED) is 0.170. The summed E-state index contributed by atoms with van der Waals surface area (Å²) in [6.07, 6.45) is 0. The topological polar surface area (TPSA) is 16.4 Å². The molecule has 11 rings (SSSR count). The summed E-state index contributed by atoms with van der Waals surface area (Å²) in [6, 6.07) is 72.0. The predicted molar refractivity (Wildman–Crippen MR) is 235 cm³/mol. The SMILES string of the molecule is c1ccc(-c2ccc(N(c3ccc(-c4cccc5oc6ccc7c(-c8ccccc8)cccc7c6c45)cc3)c3cccc4sc5ccccc5c34)cc2)cc1. The zero-order valence-corrected chi connectivity index (χ0v) is 30.6. The Morgan fingerprint density at radius 3 is 1.67 bits per heavy atom. The van der Waals surface area contributed by atoms with Crippen molar-refractivity contribution in [3.63, 3.8) is 0 Å². The van der Waals surface area contributed by atoms with Crippen LogP contribution in [0.3, 0.4) is 0 Å². The highest BCUT2D eigenvalue weighted by Gasteiger charge is 2.20. The molecule has 2 nitrogen and oxygen atoms in total. The van der Waals surface area contributed by atoms with Crippen LogP contribution < -0.4 is 4.90 Å². The summed E-state index contributed by atoms with van der Waals surface area (Å²) in [5.41, 5.74) is 12.3. The molecule has 0 fully saturated rings. The van der Waals surface area contributed by atoms with Gasteiger partial charge >= 0.3 is 0 Å². The first kappa shape index (κ1) is 31.6. The van der Waals surface area contributed by atoms with Crippen LogP contribution in [-0.2, 0) is 0 Å². The Balaban J connectivity index is 1.08. The molecule has 0 aliphatic carbocycles. The van der Waals surface area contributed by atoms with Crippen LogP contribution in [0.15, 0.2) is 205 Å². The molecule has 0 radical (unpaired) electrons. The van der Waals surface area contributed by atoms with Gasteiger partial charge in [-0.15, -0.1) is 11.3 Å². The molecule has 0 saturated heterocycles. The molecule has 2 aromatic heterocycles. The van der Waals surface area contributed by atoms with E-state index in [0.29, 0.717) is 0 Å². The Labute approximate surface area is 322 Å². The van der Waals surface area contributed by atoms with Gasteiger partial charge in [-0.3, -0.25) is 0 Å². The van der Waals surface area contributed by atoms with Gasteiger partial charge in [-0.2, -0.15) is 0 Å². The lowest BCUT2D eigenvalue weighted by Gasteiger charge is -2.27. The van der Waals surface area contributed by atoms with Gasteiger partial charge < -0.3 is 9.32 Å². The van der Waals surface area contributed by atoms with Gasteiger partial charge in [0.25, 0.3) is 0 Å². The smallest absolute Gasteiger partial charge is 0.136 e. The Bertz CT molecular complexity index is 3180. The number of furan rings is 1. The van der Waals surface area contributed by atoms with Crippen molar-refractivity contribution < 1.29 is 4.42 Å². The molecule has 9 aromatic carbocycles. The number of benzene rings is 9. The average Bonchev–Trinajstić information content (AvgIpc) is 3.84. The van der Waals surface area contributed by atoms with Gasteiger partial charge in [0.15, 0.2) is 0 Å². The van der Waals surface area contributed by atoms with Gasteiger partial charge in [0.05, 0.1) is 5.69 Å². The summed E-state index contributed by atoms with van der Waals surface area (Å²) in [5.74, 6) is 0. The van der Waals surface area contributed by atoms with Crippen LogP contribution in [0.4, 0.5) is 17.1 Å². The summed E-state index contributed by atoms with van der Waals surface area (Å²) in [7, 11) is 0. The predicted octanol–water partition coefficient (Wildman–Crippen LogP) is 15.6. The molecule has 11 aromatic rings. The fourth-order valence-electron chi connectivity index (χ4n) is 8.38. The van der Waals surface area contributed by atoms with Crippen molar-refractivity contribution in [1.29, 1.82) is 0 Å². The van der Waals surface area contributed by atoms with Crippen LogP contribution in [0.25, 0.3) is 86.3 Å². The molecule has 3 heteroatoms. The van der Waals surface area contributed by atoms with Crippen LogP contribution in [0, 0.1) is 0 Å². The molecular weight excluding hydrogens is 687 g/mol. The van der Waals surface area contributed by atoms with Crippen molar-refractivity contribution in [3.05, 3.63) is 200 Å². The molecule has 55 heavy (non-hydrogen) atoms. The number of fused-ring (bicyclic) bond motifs is 8. The van der Waals surface area contributed by atoms with Crippen molar-refractivity contribution >= 4 is 81.3 Å². The Kier molecular flexibility index (Phi) is 7.39. The minimum Gasteiger partial charge on any atom is -0.456 e. The van der Waals surface area contributed by atoms with Gasteiger partial charge in [0.2, 0.25) is 0 Å². The Morgan fingerprint density at radius 1 is 0.327 bits per heavy atom. The number of rotatable bonds is 6. The second-order valence-corrected chi connectivity index (χ2v) is 15.1. The van der Waals surface area contributed by atoms with E-state index in [-0.39, 0.29) is 0 Å². The van der Waals surface area contributed by atoms with Crippen LogP contribution in [-0.4, -0.2) is 0 Å². The molecule has 2 heterocycles. The van der Waals surface area contributed by atoms with Crippen LogP contribution in [0.2, 0.25) is 0 Å². The van der Waals surface area contributed by atoms with E-state index in [4.69, 9.17) is 4.42 Å². The molecule has 0 bridgehead atoms. The average molecular weight is 720 g/mol. The first-order chi connectivity index (χ1) is 27.3. The third-order valence-corrected chi connectivity index (χ3v) is 12.0. The molecule has 0 amide bonds. The maximum atomic E-state index is 6.55. The van der Waals surface area contributed by atoms with Gasteiger partial charge in [0.1, 0.15) is 11.2 Å². The monoisotopic (exact) mass is 719 g/mol. The number of anilines is 3. The van der Waals surface area contributed by atoms with Crippen LogP contribution in [0.5, 0.6) is 0 Å². The van der Waals surface area contributed by atoms with Crippen LogP contribution >= 0.6 is 11.3 Å². The number of thiophene rings is 1. The molecule has 0 atom stereocenters. The van der Waals surface area contributed by atoms with E-state index in [1.807, 2.05) is 11.3 Å². The molecule has 258 valence electrons. The van der Waals surface area contributed by atoms with Crippen molar-refractivity contribution in [2.75, 3.05) is 4.90 Å². The lowest BCUT2D eigenvalue weighted by molar-refractivity contribution is 0.669. The Morgan fingerprint density at radius 2 is 0.891 bits per heavy atom. The lowest BCUT2D eigenvalue weighted by atomic mass is 9.93. The van der Waals surface area contributed by atoms with Crippen molar-refractivity contribution in [3.8, 4) is 33.4 Å². The largest absolute Gasteiger partial charge is 0.456 e. The van der Waals surface area contributed by atoms with Crippen molar-refractivity contribution in [2.45, 2.75) is 0 Å². The molecule has 0 aliphatic heterocycles. The highest BCUT2D eigenvalue weighted by Crippen LogP contribution is 2.46.